The van der Waals surface area contributed by atoms with E-state index in [0.29, 0.717) is 5.69 Å². The number of para-hydroxylation sites is 1. The normalized spacial score (nSPS) is 12.5. The lowest BCUT2D eigenvalue weighted by molar-refractivity contribution is -0.387. The van der Waals surface area contributed by atoms with Crippen molar-refractivity contribution in [3.63, 3.8) is 0 Å². The molecule has 0 saturated carbocycles. The van der Waals surface area contributed by atoms with Crippen molar-refractivity contribution in [2.24, 2.45) is 0 Å². The van der Waals surface area contributed by atoms with E-state index in [9.17, 15) is 23.6 Å². The van der Waals surface area contributed by atoms with Gasteiger partial charge in [0.1, 0.15) is 0 Å². The van der Waals surface area contributed by atoms with Crippen LogP contribution in [0.2, 0.25) is 0 Å². The van der Waals surface area contributed by atoms with Crippen LogP contribution in [0.3, 0.4) is 0 Å². The Labute approximate surface area is 180 Å². The Morgan fingerprint density at radius 2 is 1.77 bits per heavy atom. The van der Waals surface area contributed by atoms with Gasteiger partial charge in [-0.3, -0.25) is 19.1 Å². The Kier molecular flexibility index (Phi) is 6.42. The molecule has 0 fully saturated rings. The molecule has 0 bridgehead atoms. The van der Waals surface area contributed by atoms with Crippen molar-refractivity contribution in [2.75, 3.05) is 10.8 Å². The molecule has 0 radical (unpaired) electrons. The highest BCUT2D eigenvalue weighted by Crippen LogP contribution is 2.30. The van der Waals surface area contributed by atoms with Gasteiger partial charge < -0.3 is 5.11 Å². The summed E-state index contributed by atoms with van der Waals surface area (Å²) < 4.78 is 29.6. The van der Waals surface area contributed by atoms with Crippen molar-refractivity contribution < 1.29 is 18.4 Å². The van der Waals surface area contributed by atoms with E-state index in [1.165, 1.54) is 18.2 Å². The summed E-state index contributed by atoms with van der Waals surface area (Å²) in [4.78, 5) is 10.3. The van der Waals surface area contributed by atoms with Crippen molar-refractivity contribution in [3.05, 3.63) is 81.7 Å². The largest absolute Gasteiger partial charge is 0.389 e. The van der Waals surface area contributed by atoms with E-state index in [0.717, 1.165) is 27.3 Å². The lowest BCUT2D eigenvalue weighted by Gasteiger charge is -2.27. The van der Waals surface area contributed by atoms with Gasteiger partial charge in [0.05, 0.1) is 35.5 Å². The molecule has 1 aromatic heterocycles. The molecule has 1 heterocycles. The molecular weight excluding hydrogens is 420 g/mol. The number of rotatable bonds is 8. The predicted octanol–water partition coefficient (Wildman–Crippen LogP) is 2.97. The van der Waals surface area contributed by atoms with Gasteiger partial charge in [0.15, 0.2) is 4.90 Å². The van der Waals surface area contributed by atoms with Crippen molar-refractivity contribution in [2.45, 2.75) is 38.3 Å². The number of benzene rings is 2. The zero-order valence-corrected chi connectivity index (χ0v) is 18.3. The number of anilines is 1. The molecule has 0 spiro atoms. The molecule has 2 aromatic carbocycles. The van der Waals surface area contributed by atoms with Crippen LogP contribution in [-0.4, -0.2) is 40.9 Å². The van der Waals surface area contributed by atoms with Crippen LogP contribution in [0, 0.1) is 30.9 Å². The summed E-state index contributed by atoms with van der Waals surface area (Å²) in [7, 11) is -4.33. The van der Waals surface area contributed by atoms with Crippen molar-refractivity contribution >= 4 is 21.4 Å². The molecule has 31 heavy (non-hydrogen) atoms. The molecule has 164 valence electrons. The Hall–Kier alpha value is -3.24. The third kappa shape index (κ3) is 4.92. The second-order valence-corrected chi connectivity index (χ2v) is 9.19. The maximum absolute atomic E-state index is 13.5. The summed E-state index contributed by atoms with van der Waals surface area (Å²) in [5, 5.41) is 26.4. The highest BCUT2D eigenvalue weighted by Gasteiger charge is 2.33. The molecule has 0 aliphatic rings. The first-order chi connectivity index (χ1) is 14.6. The second-order valence-electron chi connectivity index (χ2n) is 7.36. The Morgan fingerprint density at radius 1 is 1.13 bits per heavy atom. The number of aliphatic hydroxyl groups excluding tert-OH is 1. The fourth-order valence-corrected chi connectivity index (χ4v) is 4.97. The average molecular weight is 445 g/mol. The second kappa shape index (κ2) is 8.86. The van der Waals surface area contributed by atoms with E-state index < -0.39 is 31.6 Å². The monoisotopic (exact) mass is 444 g/mol. The SMILES string of the molecule is Cc1ccc(N(CC(O)Cn2nc(C)cc2C)S(=O)(=O)c2ccccc2[N+](=O)[O-])cc1. The Bertz CT molecular complexity index is 1190. The van der Waals surface area contributed by atoms with Crippen LogP contribution in [0.1, 0.15) is 17.0 Å². The number of hydrogen-bond donors (Lipinski definition) is 1. The topological polar surface area (TPSA) is 119 Å². The highest BCUT2D eigenvalue weighted by atomic mass is 32.2. The molecule has 0 saturated heterocycles. The van der Waals surface area contributed by atoms with Gasteiger partial charge in [0.25, 0.3) is 15.7 Å². The van der Waals surface area contributed by atoms with Crippen LogP contribution >= 0.6 is 0 Å². The molecule has 0 aliphatic carbocycles. The fraction of sp³-hybridized carbons (Fsp3) is 0.286. The molecule has 9 nitrogen and oxygen atoms in total. The van der Waals surface area contributed by atoms with E-state index >= 15 is 0 Å². The quantitative estimate of drug-likeness (QED) is 0.421. The number of aryl methyl sites for hydroxylation is 3. The third-order valence-corrected chi connectivity index (χ3v) is 6.66. The number of nitro groups is 1. The minimum absolute atomic E-state index is 0.0778. The van der Waals surface area contributed by atoms with Crippen molar-refractivity contribution in [1.82, 2.24) is 9.78 Å². The first-order valence-corrected chi connectivity index (χ1v) is 11.1. The summed E-state index contributed by atoms with van der Waals surface area (Å²) in [6, 6.07) is 13.7. The Morgan fingerprint density at radius 3 is 2.35 bits per heavy atom. The third-order valence-electron chi connectivity index (χ3n) is 4.82. The van der Waals surface area contributed by atoms with Gasteiger partial charge >= 0.3 is 0 Å². The van der Waals surface area contributed by atoms with E-state index in [-0.39, 0.29) is 13.1 Å². The summed E-state index contributed by atoms with van der Waals surface area (Å²) in [6.07, 6.45) is -1.10. The van der Waals surface area contributed by atoms with Crippen LogP contribution in [0.4, 0.5) is 11.4 Å². The molecule has 3 aromatic rings. The van der Waals surface area contributed by atoms with Gasteiger partial charge in [0, 0.05) is 11.8 Å². The summed E-state index contributed by atoms with van der Waals surface area (Å²) in [5.41, 5.74) is 2.33. The van der Waals surface area contributed by atoms with Gasteiger partial charge in [-0.05, 0) is 45.0 Å². The zero-order valence-electron chi connectivity index (χ0n) is 17.5. The number of aliphatic hydroxyl groups is 1. The number of nitrogens with zero attached hydrogens (tertiary/aromatic N) is 4. The highest BCUT2D eigenvalue weighted by molar-refractivity contribution is 7.93. The van der Waals surface area contributed by atoms with Crippen LogP contribution < -0.4 is 4.31 Å². The minimum atomic E-state index is -4.33. The van der Waals surface area contributed by atoms with Crippen LogP contribution in [0.25, 0.3) is 0 Å². The molecule has 10 heteroatoms. The summed E-state index contributed by atoms with van der Waals surface area (Å²) >= 11 is 0. The van der Waals surface area contributed by atoms with E-state index in [2.05, 4.69) is 5.10 Å². The standard InChI is InChI=1S/C21H24N4O5S/c1-15-8-10-18(11-9-15)24(14-19(26)13-23-17(3)12-16(2)22-23)31(29,30)21-7-5-4-6-20(21)25(27)28/h4-12,19,26H,13-14H2,1-3H3. The smallest absolute Gasteiger partial charge is 0.289 e. The fourth-order valence-electron chi connectivity index (χ4n) is 3.31. The number of sulfonamides is 1. The summed E-state index contributed by atoms with van der Waals surface area (Å²) in [5.74, 6) is 0. The molecule has 1 unspecified atom stereocenters. The minimum Gasteiger partial charge on any atom is -0.389 e. The molecule has 1 atom stereocenters. The lowest BCUT2D eigenvalue weighted by Crippen LogP contribution is -2.39. The van der Waals surface area contributed by atoms with Gasteiger partial charge in [-0.25, -0.2) is 8.42 Å². The van der Waals surface area contributed by atoms with E-state index in [1.54, 1.807) is 28.9 Å². The van der Waals surface area contributed by atoms with E-state index in [1.807, 2.05) is 26.8 Å². The first kappa shape index (κ1) is 22.4. The van der Waals surface area contributed by atoms with E-state index in [4.69, 9.17) is 0 Å². The first-order valence-electron chi connectivity index (χ1n) is 9.61. The molecule has 0 amide bonds. The molecular formula is C21H24N4O5S. The van der Waals surface area contributed by atoms with Gasteiger partial charge in [0.2, 0.25) is 0 Å². The average Bonchev–Trinajstić information content (AvgIpc) is 3.03. The van der Waals surface area contributed by atoms with Gasteiger partial charge in [-0.1, -0.05) is 29.8 Å². The molecule has 1 N–H and O–H groups in total. The van der Waals surface area contributed by atoms with Crippen LogP contribution in [0.15, 0.2) is 59.5 Å². The van der Waals surface area contributed by atoms with Gasteiger partial charge in [-0.15, -0.1) is 0 Å². The maximum atomic E-state index is 13.5. The maximum Gasteiger partial charge on any atom is 0.289 e. The zero-order chi connectivity index (χ0) is 22.8. The number of hydrogen-bond acceptors (Lipinski definition) is 6. The van der Waals surface area contributed by atoms with Gasteiger partial charge in [-0.2, -0.15) is 5.10 Å². The Balaban J connectivity index is 2.01. The van der Waals surface area contributed by atoms with Crippen LogP contribution in [0.5, 0.6) is 0 Å². The number of nitro benzene ring substituents is 1. The molecule has 3 rings (SSSR count). The van der Waals surface area contributed by atoms with Crippen molar-refractivity contribution in [3.8, 4) is 0 Å². The number of aromatic nitrogens is 2. The van der Waals surface area contributed by atoms with Crippen LogP contribution in [-0.2, 0) is 16.6 Å². The van der Waals surface area contributed by atoms with Crippen molar-refractivity contribution in [1.29, 1.82) is 0 Å². The predicted molar refractivity (Wildman–Crippen MR) is 117 cm³/mol. The molecule has 0 aliphatic heterocycles. The lowest BCUT2D eigenvalue weighted by atomic mass is 10.2. The summed E-state index contributed by atoms with van der Waals surface area (Å²) in [6.45, 7) is 5.31.